The van der Waals surface area contributed by atoms with Crippen molar-refractivity contribution < 1.29 is 18.0 Å². The summed E-state index contributed by atoms with van der Waals surface area (Å²) in [5, 5.41) is 1.00. The van der Waals surface area contributed by atoms with Crippen LogP contribution < -0.4 is 0 Å². The van der Waals surface area contributed by atoms with Gasteiger partial charge in [0.1, 0.15) is 5.82 Å². The molecule has 0 saturated carbocycles. The second-order valence-electron chi connectivity index (χ2n) is 7.31. The van der Waals surface area contributed by atoms with Crippen LogP contribution in [0, 0.1) is 17.5 Å². The van der Waals surface area contributed by atoms with Crippen LogP contribution in [0.15, 0.2) is 42.6 Å². The lowest BCUT2D eigenvalue weighted by molar-refractivity contribution is 0.0990. The smallest absolute Gasteiger partial charge is 0.171 e. The number of rotatable bonds is 10. The standard InChI is InChI=1S/C24H24F3NOS/c1-2-3-4-5-6-7-24-28-15-18(30-24)14-23(29)19-10-8-16(12-21(19)26)17-9-11-20(25)22(27)13-17/h8-13,15H,2-7,14H2,1H3. The zero-order valence-corrected chi connectivity index (χ0v) is 17.7. The molecule has 30 heavy (non-hydrogen) atoms. The van der Waals surface area contributed by atoms with Crippen molar-refractivity contribution in [2.75, 3.05) is 0 Å². The molecular formula is C24H24F3NOS. The van der Waals surface area contributed by atoms with Crippen LogP contribution >= 0.6 is 11.3 Å². The van der Waals surface area contributed by atoms with Gasteiger partial charge in [-0.3, -0.25) is 4.79 Å². The lowest BCUT2D eigenvalue weighted by Gasteiger charge is -2.06. The van der Waals surface area contributed by atoms with Crippen LogP contribution in [0.1, 0.15) is 59.3 Å². The number of ketones is 1. The maximum Gasteiger partial charge on any atom is 0.171 e. The van der Waals surface area contributed by atoms with Gasteiger partial charge < -0.3 is 0 Å². The minimum Gasteiger partial charge on any atom is -0.294 e. The summed E-state index contributed by atoms with van der Waals surface area (Å²) in [6.45, 7) is 2.18. The Labute approximate surface area is 178 Å². The SMILES string of the molecule is CCCCCCCc1ncc(CC(=O)c2ccc(-c3ccc(F)c(F)c3)cc2F)s1. The Morgan fingerprint density at radius 3 is 2.30 bits per heavy atom. The summed E-state index contributed by atoms with van der Waals surface area (Å²) < 4.78 is 41.1. The summed E-state index contributed by atoms with van der Waals surface area (Å²) in [5.74, 6) is -2.97. The van der Waals surface area contributed by atoms with Crippen molar-refractivity contribution in [3.63, 3.8) is 0 Å². The molecule has 0 radical (unpaired) electrons. The van der Waals surface area contributed by atoms with E-state index in [1.807, 2.05) is 0 Å². The molecule has 0 fully saturated rings. The van der Waals surface area contributed by atoms with E-state index in [0.717, 1.165) is 34.9 Å². The number of Topliss-reactive ketones (excluding diaryl/α,β-unsaturated/α-hetero) is 1. The monoisotopic (exact) mass is 431 g/mol. The van der Waals surface area contributed by atoms with Gasteiger partial charge in [-0.15, -0.1) is 11.3 Å². The largest absolute Gasteiger partial charge is 0.294 e. The number of thiazole rings is 1. The number of carbonyl (C=O) groups is 1. The van der Waals surface area contributed by atoms with Crippen molar-refractivity contribution in [1.82, 2.24) is 4.98 Å². The van der Waals surface area contributed by atoms with E-state index < -0.39 is 17.5 Å². The Morgan fingerprint density at radius 1 is 0.900 bits per heavy atom. The Bertz CT molecular complexity index is 1020. The van der Waals surface area contributed by atoms with Gasteiger partial charge in [0.05, 0.1) is 10.6 Å². The Hall–Kier alpha value is -2.47. The average molecular weight is 432 g/mol. The first-order chi connectivity index (χ1) is 14.5. The molecular weight excluding hydrogens is 407 g/mol. The fourth-order valence-electron chi connectivity index (χ4n) is 3.28. The van der Waals surface area contributed by atoms with Crippen molar-refractivity contribution in [3.05, 3.63) is 75.5 Å². The molecule has 2 nitrogen and oxygen atoms in total. The molecule has 0 saturated heterocycles. The maximum atomic E-state index is 14.5. The summed E-state index contributed by atoms with van der Waals surface area (Å²) in [5.41, 5.74) is 0.708. The van der Waals surface area contributed by atoms with Gasteiger partial charge in [-0.2, -0.15) is 0 Å². The number of carbonyl (C=O) groups excluding carboxylic acids is 1. The fourth-order valence-corrected chi connectivity index (χ4v) is 4.24. The maximum absolute atomic E-state index is 14.5. The lowest BCUT2D eigenvalue weighted by atomic mass is 10.0. The highest BCUT2D eigenvalue weighted by Crippen LogP contribution is 2.25. The topological polar surface area (TPSA) is 30.0 Å². The molecule has 1 aromatic heterocycles. The number of aryl methyl sites for hydroxylation is 1. The molecule has 0 spiro atoms. The van der Waals surface area contributed by atoms with Crippen LogP contribution in [0.25, 0.3) is 11.1 Å². The molecule has 1 heterocycles. The van der Waals surface area contributed by atoms with E-state index >= 15 is 0 Å². The Kier molecular flexibility index (Phi) is 7.80. The molecule has 0 N–H and O–H groups in total. The Balaban J connectivity index is 1.62. The van der Waals surface area contributed by atoms with Crippen LogP contribution in [-0.4, -0.2) is 10.8 Å². The lowest BCUT2D eigenvalue weighted by Crippen LogP contribution is -2.05. The third kappa shape index (κ3) is 5.79. The van der Waals surface area contributed by atoms with Gasteiger partial charge in [-0.05, 0) is 48.2 Å². The van der Waals surface area contributed by atoms with E-state index in [-0.39, 0.29) is 17.8 Å². The van der Waals surface area contributed by atoms with Crippen molar-refractivity contribution >= 4 is 17.1 Å². The van der Waals surface area contributed by atoms with E-state index in [0.29, 0.717) is 11.1 Å². The molecule has 3 rings (SSSR count). The third-order valence-electron chi connectivity index (χ3n) is 4.95. The minimum absolute atomic E-state index is 0.0177. The van der Waals surface area contributed by atoms with Crippen LogP contribution in [0.2, 0.25) is 0 Å². The molecule has 0 aliphatic heterocycles. The molecule has 6 heteroatoms. The molecule has 0 atom stereocenters. The number of unbranched alkanes of at least 4 members (excludes halogenated alkanes) is 4. The molecule has 158 valence electrons. The number of hydrogen-bond donors (Lipinski definition) is 0. The number of halogens is 3. The number of aromatic nitrogens is 1. The van der Waals surface area contributed by atoms with Crippen LogP contribution in [0.4, 0.5) is 13.2 Å². The molecule has 3 aromatic rings. The average Bonchev–Trinajstić information content (AvgIpc) is 3.17. The van der Waals surface area contributed by atoms with Gasteiger partial charge in [0.2, 0.25) is 0 Å². The highest BCUT2D eigenvalue weighted by atomic mass is 32.1. The van der Waals surface area contributed by atoms with E-state index in [4.69, 9.17) is 0 Å². The van der Waals surface area contributed by atoms with E-state index in [2.05, 4.69) is 11.9 Å². The fraction of sp³-hybridized carbons (Fsp3) is 0.333. The van der Waals surface area contributed by atoms with Gasteiger partial charge >= 0.3 is 0 Å². The number of benzene rings is 2. The third-order valence-corrected chi connectivity index (χ3v) is 6.01. The molecule has 0 aliphatic carbocycles. The summed E-state index contributed by atoms with van der Waals surface area (Å²) in [6, 6.07) is 7.48. The van der Waals surface area contributed by atoms with Gasteiger partial charge in [0.25, 0.3) is 0 Å². The quantitative estimate of drug-likeness (QED) is 0.252. The molecule has 0 unspecified atom stereocenters. The van der Waals surface area contributed by atoms with Gasteiger partial charge in [0.15, 0.2) is 17.4 Å². The summed E-state index contributed by atoms with van der Waals surface area (Å²) >= 11 is 1.50. The predicted octanol–water partition coefficient (Wildman–Crippen LogP) is 7.17. The number of nitrogens with zero attached hydrogens (tertiary/aromatic N) is 1. The van der Waals surface area contributed by atoms with Crippen LogP contribution in [-0.2, 0) is 12.8 Å². The van der Waals surface area contributed by atoms with Gasteiger partial charge in [0, 0.05) is 17.5 Å². The van der Waals surface area contributed by atoms with Gasteiger partial charge in [-0.25, -0.2) is 18.2 Å². The second kappa shape index (κ2) is 10.5. The summed E-state index contributed by atoms with van der Waals surface area (Å²) in [4.78, 5) is 17.7. The van der Waals surface area contributed by atoms with Crippen molar-refractivity contribution in [2.24, 2.45) is 0 Å². The molecule has 0 amide bonds. The van der Waals surface area contributed by atoms with Crippen LogP contribution in [0.3, 0.4) is 0 Å². The minimum atomic E-state index is -1.00. The Morgan fingerprint density at radius 2 is 1.60 bits per heavy atom. The first-order valence-electron chi connectivity index (χ1n) is 10.2. The van der Waals surface area contributed by atoms with E-state index in [9.17, 15) is 18.0 Å². The highest BCUT2D eigenvalue weighted by molar-refractivity contribution is 7.11. The van der Waals surface area contributed by atoms with E-state index in [1.165, 1.54) is 61.3 Å². The normalized spacial score (nSPS) is 11.1. The zero-order valence-electron chi connectivity index (χ0n) is 16.9. The number of hydrogen-bond acceptors (Lipinski definition) is 3. The van der Waals surface area contributed by atoms with Crippen molar-refractivity contribution in [3.8, 4) is 11.1 Å². The van der Waals surface area contributed by atoms with Crippen molar-refractivity contribution in [2.45, 2.75) is 51.9 Å². The summed E-state index contributed by atoms with van der Waals surface area (Å²) in [6.07, 6.45) is 8.64. The first kappa shape index (κ1) is 22.2. The van der Waals surface area contributed by atoms with Crippen LogP contribution in [0.5, 0.6) is 0 Å². The van der Waals surface area contributed by atoms with Gasteiger partial charge in [-0.1, -0.05) is 44.7 Å². The molecule has 0 bridgehead atoms. The molecule has 2 aromatic carbocycles. The molecule has 0 aliphatic rings. The van der Waals surface area contributed by atoms with Crippen molar-refractivity contribution in [1.29, 1.82) is 0 Å². The highest BCUT2D eigenvalue weighted by Gasteiger charge is 2.16. The predicted molar refractivity (Wildman–Crippen MR) is 114 cm³/mol. The zero-order chi connectivity index (χ0) is 21.5. The van der Waals surface area contributed by atoms with E-state index in [1.54, 1.807) is 6.20 Å². The first-order valence-corrected chi connectivity index (χ1v) is 11.0. The summed E-state index contributed by atoms with van der Waals surface area (Å²) in [7, 11) is 0. The second-order valence-corrected chi connectivity index (χ2v) is 8.51.